The Kier molecular flexibility index (Phi) is 12.3. The lowest BCUT2D eigenvalue weighted by Crippen LogP contribution is -2.28. The first-order valence-electron chi connectivity index (χ1n) is 8.33. The van der Waals surface area contributed by atoms with E-state index in [0.29, 0.717) is 25.7 Å². The average Bonchev–Trinajstić information content (AvgIpc) is 2.45. The highest BCUT2D eigenvalue weighted by Crippen LogP contribution is 2.07. The maximum Gasteiger partial charge on any atom is 0.0781 e. The molecule has 0 aliphatic heterocycles. The van der Waals surface area contributed by atoms with E-state index in [1.54, 1.807) is 0 Å². The van der Waals surface area contributed by atoms with Gasteiger partial charge in [0.15, 0.2) is 0 Å². The summed E-state index contributed by atoms with van der Waals surface area (Å²) in [7, 11) is 0. The van der Waals surface area contributed by atoms with E-state index in [0.717, 1.165) is 13.0 Å². The van der Waals surface area contributed by atoms with Gasteiger partial charge in [0.1, 0.15) is 0 Å². The minimum atomic E-state index is 0.0719. The van der Waals surface area contributed by atoms with Gasteiger partial charge in [-0.15, -0.1) is 0 Å². The van der Waals surface area contributed by atoms with Crippen LogP contribution in [0.25, 0.3) is 0 Å². The molecule has 0 rings (SSSR count). The van der Waals surface area contributed by atoms with Crippen LogP contribution in [0, 0.1) is 5.92 Å². The first-order valence-corrected chi connectivity index (χ1v) is 8.33. The Morgan fingerprint density at radius 1 is 0.619 bits per heavy atom. The quantitative estimate of drug-likeness (QED) is 0.520. The van der Waals surface area contributed by atoms with E-state index >= 15 is 0 Å². The average molecular weight is 304 g/mol. The Bertz CT molecular complexity index is 233. The molecular weight excluding hydrogens is 268 g/mol. The molecule has 0 aliphatic rings. The molecule has 0 saturated heterocycles. The molecule has 128 valence electrons. The van der Waals surface area contributed by atoms with E-state index < -0.39 is 0 Å². The first kappa shape index (κ1) is 20.8. The summed E-state index contributed by atoms with van der Waals surface area (Å²) in [6.07, 6.45) is 1.60. The third kappa shape index (κ3) is 12.1. The van der Waals surface area contributed by atoms with Crippen LogP contribution in [0.15, 0.2) is 0 Å². The Hall–Kier alpha value is -0.160. The van der Waals surface area contributed by atoms with Gasteiger partial charge in [0.2, 0.25) is 0 Å². The smallest absolute Gasteiger partial charge is 0.0781 e. The molecular formula is C17H36O4. The predicted molar refractivity (Wildman–Crippen MR) is 86.8 cm³/mol. The van der Waals surface area contributed by atoms with Crippen LogP contribution in [-0.4, -0.2) is 50.8 Å². The van der Waals surface area contributed by atoms with E-state index in [1.807, 2.05) is 20.8 Å². The normalized spacial score (nSPS) is 17.7. The Morgan fingerprint density at radius 2 is 1.05 bits per heavy atom. The summed E-state index contributed by atoms with van der Waals surface area (Å²) >= 11 is 0. The third-order valence-corrected chi connectivity index (χ3v) is 3.37. The van der Waals surface area contributed by atoms with E-state index in [9.17, 15) is 0 Å². The molecule has 0 aromatic heterocycles. The summed E-state index contributed by atoms with van der Waals surface area (Å²) in [5.74, 6) is 0.532. The van der Waals surface area contributed by atoms with Crippen molar-refractivity contribution in [1.82, 2.24) is 0 Å². The number of hydrogen-bond donors (Lipinski definition) is 0. The Labute approximate surface area is 131 Å². The molecule has 0 heterocycles. The highest BCUT2D eigenvalue weighted by molar-refractivity contribution is 4.58. The Balaban J connectivity index is 3.65. The molecule has 0 bridgehead atoms. The molecule has 0 aromatic carbocycles. The lowest BCUT2D eigenvalue weighted by Gasteiger charge is -2.22. The molecule has 21 heavy (non-hydrogen) atoms. The van der Waals surface area contributed by atoms with Crippen molar-refractivity contribution in [1.29, 1.82) is 0 Å². The van der Waals surface area contributed by atoms with Gasteiger partial charge >= 0.3 is 0 Å². The van der Waals surface area contributed by atoms with Crippen molar-refractivity contribution in [2.45, 2.75) is 79.3 Å². The second kappa shape index (κ2) is 12.4. The van der Waals surface area contributed by atoms with Gasteiger partial charge in [-0.1, -0.05) is 20.8 Å². The fourth-order valence-corrected chi connectivity index (χ4v) is 1.54. The predicted octanol–water partition coefficient (Wildman–Crippen LogP) is 3.67. The van der Waals surface area contributed by atoms with E-state index in [2.05, 4.69) is 27.7 Å². The van der Waals surface area contributed by atoms with Gasteiger partial charge in [-0.25, -0.2) is 0 Å². The van der Waals surface area contributed by atoms with Crippen LogP contribution in [0.1, 0.15) is 54.9 Å². The maximum absolute atomic E-state index is 5.76. The lowest BCUT2D eigenvalue weighted by molar-refractivity contribution is -0.0889. The van der Waals surface area contributed by atoms with Crippen LogP contribution in [0.3, 0.4) is 0 Å². The van der Waals surface area contributed by atoms with Crippen molar-refractivity contribution in [2.24, 2.45) is 5.92 Å². The summed E-state index contributed by atoms with van der Waals surface area (Å²) in [6, 6.07) is 0. The van der Waals surface area contributed by atoms with Gasteiger partial charge in [-0.2, -0.15) is 0 Å². The first-order chi connectivity index (χ1) is 9.86. The molecule has 4 atom stereocenters. The summed E-state index contributed by atoms with van der Waals surface area (Å²) < 4.78 is 22.8. The monoisotopic (exact) mass is 304 g/mol. The SMILES string of the molecule is CCCOC(C)COC(C)COC(C)COC(C)C(C)C. The standard InChI is InChI=1S/C17H36O4/c1-8-9-18-14(4)10-19-15(5)11-20-16(6)12-21-17(7)13(2)3/h13-17H,8-12H2,1-7H3. The fraction of sp³-hybridized carbons (Fsp3) is 1.00. The van der Waals surface area contributed by atoms with Crippen molar-refractivity contribution >= 4 is 0 Å². The zero-order chi connectivity index (χ0) is 16.3. The topological polar surface area (TPSA) is 36.9 Å². The number of rotatable bonds is 13. The molecule has 0 fully saturated rings. The highest BCUT2D eigenvalue weighted by Gasteiger charge is 2.12. The zero-order valence-electron chi connectivity index (χ0n) is 15.1. The van der Waals surface area contributed by atoms with Crippen LogP contribution >= 0.6 is 0 Å². The largest absolute Gasteiger partial charge is 0.376 e. The molecule has 4 heteroatoms. The second-order valence-electron chi connectivity index (χ2n) is 6.25. The molecule has 0 aromatic rings. The molecule has 0 aliphatic carbocycles. The van der Waals surface area contributed by atoms with E-state index in [4.69, 9.17) is 18.9 Å². The lowest BCUT2D eigenvalue weighted by atomic mass is 10.1. The fourth-order valence-electron chi connectivity index (χ4n) is 1.54. The number of ether oxygens (including phenoxy) is 4. The van der Waals surface area contributed by atoms with Crippen molar-refractivity contribution in [3.8, 4) is 0 Å². The van der Waals surface area contributed by atoms with Gasteiger partial charge in [0.05, 0.1) is 44.2 Å². The van der Waals surface area contributed by atoms with Gasteiger partial charge in [-0.3, -0.25) is 0 Å². The van der Waals surface area contributed by atoms with Crippen LogP contribution in [0.2, 0.25) is 0 Å². The minimum absolute atomic E-state index is 0.0719. The van der Waals surface area contributed by atoms with Crippen molar-refractivity contribution in [3.63, 3.8) is 0 Å². The minimum Gasteiger partial charge on any atom is -0.376 e. The summed E-state index contributed by atoms with van der Waals surface area (Å²) in [5.41, 5.74) is 0. The van der Waals surface area contributed by atoms with E-state index in [-0.39, 0.29) is 24.4 Å². The van der Waals surface area contributed by atoms with Crippen LogP contribution in [0.4, 0.5) is 0 Å². The molecule has 0 spiro atoms. The Morgan fingerprint density at radius 3 is 1.48 bits per heavy atom. The highest BCUT2D eigenvalue weighted by atomic mass is 16.6. The van der Waals surface area contributed by atoms with E-state index in [1.165, 1.54) is 0 Å². The molecule has 4 unspecified atom stereocenters. The zero-order valence-corrected chi connectivity index (χ0v) is 15.1. The van der Waals surface area contributed by atoms with Gasteiger partial charge in [0, 0.05) is 6.61 Å². The summed E-state index contributed by atoms with van der Waals surface area (Å²) in [5, 5.41) is 0. The molecule has 0 radical (unpaired) electrons. The van der Waals surface area contributed by atoms with Crippen LogP contribution < -0.4 is 0 Å². The van der Waals surface area contributed by atoms with Crippen molar-refractivity contribution in [2.75, 3.05) is 26.4 Å². The van der Waals surface area contributed by atoms with Gasteiger partial charge in [0.25, 0.3) is 0 Å². The molecule has 4 nitrogen and oxygen atoms in total. The third-order valence-electron chi connectivity index (χ3n) is 3.37. The number of hydrogen-bond acceptors (Lipinski definition) is 4. The van der Waals surface area contributed by atoms with Crippen molar-refractivity contribution < 1.29 is 18.9 Å². The second-order valence-corrected chi connectivity index (χ2v) is 6.25. The molecule has 0 N–H and O–H groups in total. The van der Waals surface area contributed by atoms with Crippen LogP contribution in [-0.2, 0) is 18.9 Å². The summed E-state index contributed by atoms with van der Waals surface area (Å²) in [4.78, 5) is 0. The summed E-state index contributed by atoms with van der Waals surface area (Å²) in [6.45, 7) is 17.2. The van der Waals surface area contributed by atoms with Gasteiger partial charge in [-0.05, 0) is 40.0 Å². The molecule has 0 saturated carbocycles. The molecule has 0 amide bonds. The van der Waals surface area contributed by atoms with Crippen LogP contribution in [0.5, 0.6) is 0 Å². The maximum atomic E-state index is 5.76. The van der Waals surface area contributed by atoms with Crippen molar-refractivity contribution in [3.05, 3.63) is 0 Å². The van der Waals surface area contributed by atoms with Gasteiger partial charge < -0.3 is 18.9 Å².